The van der Waals surface area contributed by atoms with Crippen molar-refractivity contribution in [3.63, 3.8) is 0 Å². The Bertz CT molecular complexity index is 181. The van der Waals surface area contributed by atoms with Crippen molar-refractivity contribution >= 4 is 0 Å². The highest BCUT2D eigenvalue weighted by molar-refractivity contribution is 4.93. The Hall–Kier alpha value is -0.120. The highest BCUT2D eigenvalue weighted by Gasteiger charge is 2.46. The van der Waals surface area contributed by atoms with Crippen LogP contribution >= 0.6 is 0 Å². The number of fused-ring (bicyclic) bond motifs is 1. The SMILES string of the molecule is CC(C)O[C@@H]1CO[C@H]2[C@@H]1OC[C@H]2C. The van der Waals surface area contributed by atoms with Crippen LogP contribution in [0.25, 0.3) is 0 Å². The van der Waals surface area contributed by atoms with Crippen LogP contribution in [-0.2, 0) is 14.2 Å². The predicted molar refractivity (Wildman–Crippen MR) is 48.7 cm³/mol. The van der Waals surface area contributed by atoms with Gasteiger partial charge in [-0.1, -0.05) is 6.92 Å². The summed E-state index contributed by atoms with van der Waals surface area (Å²) in [6.45, 7) is 7.77. The van der Waals surface area contributed by atoms with E-state index < -0.39 is 0 Å². The van der Waals surface area contributed by atoms with Crippen LogP contribution in [0.4, 0.5) is 0 Å². The lowest BCUT2D eigenvalue weighted by atomic mass is 10.0. The fraction of sp³-hybridized carbons (Fsp3) is 1.00. The van der Waals surface area contributed by atoms with Gasteiger partial charge in [-0.3, -0.25) is 0 Å². The molecule has 3 nitrogen and oxygen atoms in total. The average molecular weight is 186 g/mol. The van der Waals surface area contributed by atoms with Gasteiger partial charge in [-0.15, -0.1) is 0 Å². The van der Waals surface area contributed by atoms with Crippen molar-refractivity contribution in [2.45, 2.75) is 45.2 Å². The third kappa shape index (κ3) is 1.73. The minimum Gasteiger partial charge on any atom is -0.372 e. The van der Waals surface area contributed by atoms with Gasteiger partial charge in [0, 0.05) is 5.92 Å². The molecule has 0 unspecified atom stereocenters. The topological polar surface area (TPSA) is 27.7 Å². The summed E-state index contributed by atoms with van der Waals surface area (Å²) in [6, 6.07) is 0. The summed E-state index contributed by atoms with van der Waals surface area (Å²) < 4.78 is 17.0. The van der Waals surface area contributed by atoms with E-state index >= 15 is 0 Å². The molecule has 13 heavy (non-hydrogen) atoms. The molecule has 0 amide bonds. The minimum atomic E-state index is 0.148. The summed E-state index contributed by atoms with van der Waals surface area (Å²) in [5, 5.41) is 0. The largest absolute Gasteiger partial charge is 0.372 e. The molecule has 0 saturated carbocycles. The van der Waals surface area contributed by atoms with Gasteiger partial charge in [-0.25, -0.2) is 0 Å². The molecule has 0 bridgehead atoms. The van der Waals surface area contributed by atoms with Crippen molar-refractivity contribution in [2.75, 3.05) is 13.2 Å². The van der Waals surface area contributed by atoms with Crippen molar-refractivity contribution < 1.29 is 14.2 Å². The molecule has 0 aromatic carbocycles. The fourth-order valence-electron chi connectivity index (χ4n) is 2.12. The summed E-state index contributed by atoms with van der Waals surface area (Å²) in [5.74, 6) is 0.519. The Balaban J connectivity index is 1.94. The molecule has 2 rings (SSSR count). The van der Waals surface area contributed by atoms with Gasteiger partial charge in [0.15, 0.2) is 0 Å². The predicted octanol–water partition coefficient (Wildman–Crippen LogP) is 1.21. The van der Waals surface area contributed by atoms with E-state index in [1.165, 1.54) is 0 Å². The van der Waals surface area contributed by atoms with E-state index in [-0.39, 0.29) is 24.4 Å². The van der Waals surface area contributed by atoms with Gasteiger partial charge in [0.05, 0.1) is 25.4 Å². The Morgan fingerprint density at radius 3 is 2.54 bits per heavy atom. The van der Waals surface area contributed by atoms with E-state index in [0.717, 1.165) is 6.61 Å². The molecule has 3 heteroatoms. The molecule has 0 radical (unpaired) electrons. The molecule has 4 atom stereocenters. The Morgan fingerprint density at radius 2 is 1.85 bits per heavy atom. The third-order valence-corrected chi connectivity index (χ3v) is 2.70. The van der Waals surface area contributed by atoms with Crippen LogP contribution in [-0.4, -0.2) is 37.6 Å². The molecule has 76 valence electrons. The molecule has 2 aliphatic heterocycles. The number of rotatable bonds is 2. The van der Waals surface area contributed by atoms with E-state index in [2.05, 4.69) is 6.92 Å². The summed E-state index contributed by atoms with van der Waals surface area (Å²) in [6.07, 6.45) is 0.850. The molecule has 0 aromatic heterocycles. The maximum atomic E-state index is 5.72. The van der Waals surface area contributed by atoms with E-state index in [9.17, 15) is 0 Å². The first-order chi connectivity index (χ1) is 6.18. The van der Waals surface area contributed by atoms with Crippen LogP contribution < -0.4 is 0 Å². The lowest BCUT2D eigenvalue weighted by Gasteiger charge is -2.18. The number of ether oxygens (including phenoxy) is 3. The van der Waals surface area contributed by atoms with Crippen LogP contribution in [0.1, 0.15) is 20.8 Å². The van der Waals surface area contributed by atoms with Crippen molar-refractivity contribution in [1.29, 1.82) is 0 Å². The summed E-state index contributed by atoms with van der Waals surface area (Å²) in [7, 11) is 0. The fourth-order valence-corrected chi connectivity index (χ4v) is 2.12. The molecule has 2 heterocycles. The van der Waals surface area contributed by atoms with Crippen LogP contribution in [0, 0.1) is 5.92 Å². The van der Waals surface area contributed by atoms with Gasteiger partial charge in [-0.05, 0) is 13.8 Å². The first-order valence-corrected chi connectivity index (χ1v) is 5.07. The Kier molecular flexibility index (Phi) is 2.58. The maximum absolute atomic E-state index is 5.72. The second-order valence-corrected chi connectivity index (χ2v) is 4.30. The van der Waals surface area contributed by atoms with E-state index in [1.54, 1.807) is 0 Å². The summed E-state index contributed by atoms with van der Waals surface area (Å²) >= 11 is 0. The zero-order valence-electron chi connectivity index (χ0n) is 8.53. The van der Waals surface area contributed by atoms with Crippen LogP contribution in [0.5, 0.6) is 0 Å². The van der Waals surface area contributed by atoms with Crippen molar-refractivity contribution in [2.24, 2.45) is 5.92 Å². The van der Waals surface area contributed by atoms with Crippen molar-refractivity contribution in [3.05, 3.63) is 0 Å². The zero-order chi connectivity index (χ0) is 9.42. The van der Waals surface area contributed by atoms with Crippen LogP contribution in [0.15, 0.2) is 0 Å². The zero-order valence-corrected chi connectivity index (χ0v) is 8.53. The highest BCUT2D eigenvalue weighted by Crippen LogP contribution is 2.32. The van der Waals surface area contributed by atoms with E-state index in [1.807, 2.05) is 13.8 Å². The third-order valence-electron chi connectivity index (χ3n) is 2.70. The first-order valence-electron chi connectivity index (χ1n) is 5.07. The highest BCUT2D eigenvalue weighted by atomic mass is 16.6. The van der Waals surface area contributed by atoms with Crippen molar-refractivity contribution in [1.82, 2.24) is 0 Å². The summed E-state index contributed by atoms with van der Waals surface area (Å²) in [5.41, 5.74) is 0. The Labute approximate surface area is 79.4 Å². The molecule has 0 N–H and O–H groups in total. The number of hydrogen-bond donors (Lipinski definition) is 0. The minimum absolute atomic E-state index is 0.148. The number of hydrogen-bond acceptors (Lipinski definition) is 3. The second-order valence-electron chi connectivity index (χ2n) is 4.30. The quantitative estimate of drug-likeness (QED) is 0.649. The maximum Gasteiger partial charge on any atom is 0.112 e. The lowest BCUT2D eigenvalue weighted by Crippen LogP contribution is -2.32. The molecule has 2 fully saturated rings. The van der Waals surface area contributed by atoms with Gasteiger partial charge >= 0.3 is 0 Å². The monoisotopic (exact) mass is 186 g/mol. The summed E-state index contributed by atoms with van der Waals surface area (Å²) in [4.78, 5) is 0. The molecule has 0 spiro atoms. The molecular formula is C10H18O3. The lowest BCUT2D eigenvalue weighted by molar-refractivity contribution is -0.0579. The standard InChI is InChI=1S/C10H18O3/c1-6(2)13-8-5-12-9-7(3)4-11-10(8)9/h6-10H,4-5H2,1-3H3/t7-,8-,9-,10-/m1/s1. The molecule has 2 saturated heterocycles. The normalized spacial score (nSPS) is 44.3. The van der Waals surface area contributed by atoms with Gasteiger partial charge in [0.2, 0.25) is 0 Å². The van der Waals surface area contributed by atoms with Gasteiger partial charge in [-0.2, -0.15) is 0 Å². The van der Waals surface area contributed by atoms with E-state index in [0.29, 0.717) is 12.5 Å². The molecule has 0 aromatic rings. The Morgan fingerprint density at radius 1 is 1.15 bits per heavy atom. The van der Waals surface area contributed by atoms with Gasteiger partial charge in [0.25, 0.3) is 0 Å². The molecular weight excluding hydrogens is 168 g/mol. The molecule has 2 aliphatic rings. The molecule has 0 aliphatic carbocycles. The second kappa shape index (κ2) is 3.56. The average Bonchev–Trinajstić information content (AvgIpc) is 2.56. The van der Waals surface area contributed by atoms with E-state index in [4.69, 9.17) is 14.2 Å². The first kappa shape index (κ1) is 9.44. The van der Waals surface area contributed by atoms with Gasteiger partial charge < -0.3 is 14.2 Å². The smallest absolute Gasteiger partial charge is 0.112 e. The van der Waals surface area contributed by atoms with Crippen molar-refractivity contribution in [3.8, 4) is 0 Å². The van der Waals surface area contributed by atoms with Crippen LogP contribution in [0.3, 0.4) is 0 Å². The van der Waals surface area contributed by atoms with Gasteiger partial charge in [0.1, 0.15) is 12.2 Å². The van der Waals surface area contributed by atoms with Crippen LogP contribution in [0.2, 0.25) is 0 Å².